The quantitative estimate of drug-likeness (QED) is 0.849. The molecule has 0 atom stereocenters. The Labute approximate surface area is 122 Å². The number of anilines is 2. The molecule has 0 aliphatic carbocycles. The summed E-state index contributed by atoms with van der Waals surface area (Å²) in [4.78, 5) is 19.7. The summed E-state index contributed by atoms with van der Waals surface area (Å²) in [7, 11) is 1.55. The predicted molar refractivity (Wildman–Crippen MR) is 79.3 cm³/mol. The number of aryl methyl sites for hydroxylation is 1. The molecule has 21 heavy (non-hydrogen) atoms. The SMILES string of the molecule is CCCc1cc(C(=O)O)cc(Nc2ccc(OC)nc2)n1. The van der Waals surface area contributed by atoms with E-state index in [1.54, 1.807) is 31.5 Å². The molecule has 2 aromatic rings. The van der Waals surface area contributed by atoms with Crippen LogP contribution in [-0.4, -0.2) is 28.2 Å². The van der Waals surface area contributed by atoms with Gasteiger partial charge in [0.25, 0.3) is 0 Å². The lowest BCUT2D eigenvalue weighted by Gasteiger charge is -2.09. The Balaban J connectivity index is 2.26. The number of carboxylic acids is 1. The number of carbonyl (C=O) groups is 1. The third-order valence-electron chi connectivity index (χ3n) is 2.85. The van der Waals surface area contributed by atoms with Crippen molar-refractivity contribution >= 4 is 17.5 Å². The standard InChI is InChI=1S/C15H17N3O3/c1-3-4-11-7-10(15(19)20)8-13(17-11)18-12-5-6-14(21-2)16-9-12/h5-9H,3-4H2,1-2H3,(H,17,18)(H,19,20). The Hall–Kier alpha value is -2.63. The van der Waals surface area contributed by atoms with Crippen molar-refractivity contribution in [1.82, 2.24) is 9.97 Å². The Morgan fingerprint density at radius 2 is 2.19 bits per heavy atom. The summed E-state index contributed by atoms with van der Waals surface area (Å²) in [6, 6.07) is 6.62. The zero-order valence-corrected chi connectivity index (χ0v) is 12.0. The molecule has 6 heteroatoms. The number of pyridine rings is 2. The van der Waals surface area contributed by atoms with Gasteiger partial charge in [-0.1, -0.05) is 13.3 Å². The van der Waals surface area contributed by atoms with Gasteiger partial charge in [0, 0.05) is 11.8 Å². The van der Waals surface area contributed by atoms with Crippen LogP contribution in [0.15, 0.2) is 30.5 Å². The molecule has 6 nitrogen and oxygen atoms in total. The van der Waals surface area contributed by atoms with E-state index in [9.17, 15) is 4.79 Å². The van der Waals surface area contributed by atoms with Gasteiger partial charge in [-0.05, 0) is 24.6 Å². The number of carboxylic acid groups (broad SMARTS) is 1. The molecule has 0 unspecified atom stereocenters. The van der Waals surface area contributed by atoms with Gasteiger partial charge in [-0.3, -0.25) is 0 Å². The second-order valence-corrected chi connectivity index (χ2v) is 4.50. The molecule has 0 fully saturated rings. The summed E-state index contributed by atoms with van der Waals surface area (Å²) in [5.41, 5.74) is 1.69. The van der Waals surface area contributed by atoms with Crippen LogP contribution < -0.4 is 10.1 Å². The van der Waals surface area contributed by atoms with Gasteiger partial charge < -0.3 is 15.2 Å². The van der Waals surface area contributed by atoms with Crippen molar-refractivity contribution in [3.8, 4) is 5.88 Å². The third kappa shape index (κ3) is 3.92. The van der Waals surface area contributed by atoms with E-state index in [1.165, 1.54) is 6.07 Å². The molecule has 110 valence electrons. The molecule has 0 spiro atoms. The van der Waals surface area contributed by atoms with Gasteiger partial charge in [-0.15, -0.1) is 0 Å². The highest BCUT2D eigenvalue weighted by molar-refractivity contribution is 5.88. The first-order chi connectivity index (χ1) is 10.1. The highest BCUT2D eigenvalue weighted by Gasteiger charge is 2.08. The van der Waals surface area contributed by atoms with E-state index in [1.807, 2.05) is 6.92 Å². The summed E-state index contributed by atoms with van der Waals surface area (Å²) in [5, 5.41) is 12.2. The Kier molecular flexibility index (Phi) is 4.71. The fourth-order valence-electron chi connectivity index (χ4n) is 1.88. The van der Waals surface area contributed by atoms with Crippen LogP contribution in [0.4, 0.5) is 11.5 Å². The average molecular weight is 287 g/mol. The third-order valence-corrected chi connectivity index (χ3v) is 2.85. The maximum atomic E-state index is 11.2. The molecular weight excluding hydrogens is 270 g/mol. The van der Waals surface area contributed by atoms with E-state index in [0.29, 0.717) is 17.4 Å². The van der Waals surface area contributed by atoms with Gasteiger partial charge in [-0.25, -0.2) is 14.8 Å². The molecule has 2 N–H and O–H groups in total. The van der Waals surface area contributed by atoms with E-state index >= 15 is 0 Å². The minimum absolute atomic E-state index is 0.220. The Morgan fingerprint density at radius 3 is 2.76 bits per heavy atom. The van der Waals surface area contributed by atoms with Crippen molar-refractivity contribution in [2.75, 3.05) is 12.4 Å². The summed E-state index contributed by atoms with van der Waals surface area (Å²) in [5.74, 6) is 0.0374. The van der Waals surface area contributed by atoms with Crippen LogP contribution in [-0.2, 0) is 6.42 Å². The normalized spacial score (nSPS) is 10.2. The smallest absolute Gasteiger partial charge is 0.335 e. The van der Waals surface area contributed by atoms with Crippen molar-refractivity contribution in [2.45, 2.75) is 19.8 Å². The van der Waals surface area contributed by atoms with E-state index < -0.39 is 5.97 Å². The molecule has 0 aromatic carbocycles. The Bertz CT molecular complexity index is 627. The number of rotatable bonds is 6. The largest absolute Gasteiger partial charge is 0.481 e. The van der Waals surface area contributed by atoms with Crippen LogP contribution >= 0.6 is 0 Å². The van der Waals surface area contributed by atoms with Crippen molar-refractivity contribution < 1.29 is 14.6 Å². The van der Waals surface area contributed by atoms with Crippen molar-refractivity contribution in [3.63, 3.8) is 0 Å². The van der Waals surface area contributed by atoms with Gasteiger partial charge in [-0.2, -0.15) is 0 Å². The van der Waals surface area contributed by atoms with E-state index in [2.05, 4.69) is 15.3 Å². The van der Waals surface area contributed by atoms with Gasteiger partial charge in [0.2, 0.25) is 5.88 Å². The minimum Gasteiger partial charge on any atom is -0.481 e. The average Bonchev–Trinajstić information content (AvgIpc) is 2.48. The number of hydrogen-bond acceptors (Lipinski definition) is 5. The van der Waals surface area contributed by atoms with Crippen LogP contribution in [0.1, 0.15) is 29.4 Å². The summed E-state index contributed by atoms with van der Waals surface area (Å²) < 4.78 is 4.99. The summed E-state index contributed by atoms with van der Waals surface area (Å²) >= 11 is 0. The lowest BCUT2D eigenvalue weighted by molar-refractivity contribution is 0.0696. The first kappa shape index (κ1) is 14.8. The number of nitrogens with zero attached hydrogens (tertiary/aromatic N) is 2. The highest BCUT2D eigenvalue weighted by atomic mass is 16.5. The maximum absolute atomic E-state index is 11.2. The summed E-state index contributed by atoms with van der Waals surface area (Å²) in [6.07, 6.45) is 3.24. The number of hydrogen-bond donors (Lipinski definition) is 2. The molecular formula is C15H17N3O3. The topological polar surface area (TPSA) is 84.3 Å². The molecule has 0 radical (unpaired) electrons. The molecule has 0 saturated heterocycles. The maximum Gasteiger partial charge on any atom is 0.335 e. The molecule has 0 bridgehead atoms. The zero-order chi connectivity index (χ0) is 15.2. The van der Waals surface area contributed by atoms with Gasteiger partial charge in [0.05, 0.1) is 24.6 Å². The lowest BCUT2D eigenvalue weighted by Crippen LogP contribution is -2.04. The van der Waals surface area contributed by atoms with Crippen LogP contribution in [0, 0.1) is 0 Å². The molecule has 2 aromatic heterocycles. The molecule has 0 aliphatic heterocycles. The second kappa shape index (κ2) is 6.69. The number of nitrogens with one attached hydrogen (secondary N) is 1. The Morgan fingerprint density at radius 1 is 1.38 bits per heavy atom. The van der Waals surface area contributed by atoms with E-state index in [4.69, 9.17) is 9.84 Å². The molecule has 0 saturated carbocycles. The van der Waals surface area contributed by atoms with E-state index in [0.717, 1.165) is 18.5 Å². The van der Waals surface area contributed by atoms with Crippen LogP contribution in [0.2, 0.25) is 0 Å². The van der Waals surface area contributed by atoms with Crippen LogP contribution in [0.5, 0.6) is 5.88 Å². The highest BCUT2D eigenvalue weighted by Crippen LogP contribution is 2.18. The number of aromatic nitrogens is 2. The molecule has 2 rings (SSSR count). The first-order valence-electron chi connectivity index (χ1n) is 6.63. The fraction of sp³-hybridized carbons (Fsp3) is 0.267. The zero-order valence-electron chi connectivity index (χ0n) is 12.0. The number of aromatic carboxylic acids is 1. The fourth-order valence-corrected chi connectivity index (χ4v) is 1.88. The molecule has 0 aliphatic rings. The van der Waals surface area contributed by atoms with Crippen molar-refractivity contribution in [1.29, 1.82) is 0 Å². The van der Waals surface area contributed by atoms with Gasteiger partial charge in [0.1, 0.15) is 5.82 Å². The van der Waals surface area contributed by atoms with Crippen molar-refractivity contribution in [3.05, 3.63) is 41.7 Å². The summed E-state index contributed by atoms with van der Waals surface area (Å²) in [6.45, 7) is 2.02. The van der Waals surface area contributed by atoms with Gasteiger partial charge >= 0.3 is 5.97 Å². The molecule has 2 heterocycles. The molecule has 0 amide bonds. The second-order valence-electron chi connectivity index (χ2n) is 4.50. The van der Waals surface area contributed by atoms with Crippen LogP contribution in [0.25, 0.3) is 0 Å². The minimum atomic E-state index is -0.967. The van der Waals surface area contributed by atoms with Crippen molar-refractivity contribution in [2.24, 2.45) is 0 Å². The van der Waals surface area contributed by atoms with Gasteiger partial charge in [0.15, 0.2) is 0 Å². The lowest BCUT2D eigenvalue weighted by atomic mass is 10.1. The first-order valence-corrected chi connectivity index (χ1v) is 6.63. The van der Waals surface area contributed by atoms with Crippen LogP contribution in [0.3, 0.4) is 0 Å². The number of ether oxygens (including phenoxy) is 1. The van der Waals surface area contributed by atoms with E-state index in [-0.39, 0.29) is 5.56 Å². The number of methoxy groups -OCH3 is 1. The predicted octanol–water partition coefficient (Wildman–Crippen LogP) is 2.88. The monoisotopic (exact) mass is 287 g/mol.